The molecule has 1 aromatic heterocycles. The third-order valence-electron chi connectivity index (χ3n) is 5.20. The normalized spacial score (nSPS) is 24.4. The number of amides is 1. The minimum atomic E-state index is -0.463. The number of piperidine rings is 1. The first-order valence-electron chi connectivity index (χ1n) is 7.59. The summed E-state index contributed by atoms with van der Waals surface area (Å²) in [6.45, 7) is 1.70. The van der Waals surface area contributed by atoms with E-state index in [1.54, 1.807) is 12.1 Å². The Morgan fingerprint density at radius 1 is 1.29 bits per heavy atom. The van der Waals surface area contributed by atoms with Crippen LogP contribution >= 0.6 is 0 Å². The number of nitrogen functional groups attached to an aromatic ring is 1. The van der Waals surface area contributed by atoms with E-state index in [0.29, 0.717) is 23.2 Å². The Kier molecular flexibility index (Phi) is 3.49. The van der Waals surface area contributed by atoms with E-state index in [1.807, 2.05) is 0 Å². The highest BCUT2D eigenvalue weighted by Gasteiger charge is 2.43. The van der Waals surface area contributed by atoms with E-state index in [2.05, 4.69) is 9.88 Å². The third kappa shape index (κ3) is 2.44. The van der Waals surface area contributed by atoms with Crippen molar-refractivity contribution in [3.63, 3.8) is 0 Å². The Morgan fingerprint density at radius 3 is 2.57 bits per heavy atom. The molecule has 21 heavy (non-hydrogen) atoms. The summed E-state index contributed by atoms with van der Waals surface area (Å²) in [5, 5.41) is 0. The predicted octanol–water partition coefficient (Wildman–Crippen LogP) is 0.860. The van der Waals surface area contributed by atoms with Gasteiger partial charge < -0.3 is 22.1 Å². The van der Waals surface area contributed by atoms with E-state index in [9.17, 15) is 4.79 Å². The Labute approximate surface area is 124 Å². The molecule has 0 aromatic carbocycles. The fraction of sp³-hybridized carbons (Fsp3) is 0.600. The third-order valence-corrected chi connectivity index (χ3v) is 5.20. The molecule has 1 amide bonds. The van der Waals surface area contributed by atoms with Gasteiger partial charge in [0, 0.05) is 19.1 Å². The average Bonchev–Trinajstić information content (AvgIpc) is 2.80. The molecule has 2 fully saturated rings. The van der Waals surface area contributed by atoms with Crippen LogP contribution in [-0.4, -0.2) is 30.0 Å². The second-order valence-corrected chi connectivity index (χ2v) is 6.32. The van der Waals surface area contributed by atoms with Crippen molar-refractivity contribution < 1.29 is 4.79 Å². The van der Waals surface area contributed by atoms with Gasteiger partial charge in [-0.25, -0.2) is 4.98 Å². The number of rotatable bonds is 2. The Bertz CT molecular complexity index is 551. The molecule has 0 unspecified atom stereocenters. The van der Waals surface area contributed by atoms with Gasteiger partial charge in [-0.15, -0.1) is 0 Å². The van der Waals surface area contributed by atoms with Crippen molar-refractivity contribution in [3.05, 3.63) is 17.7 Å². The number of hydrogen-bond donors (Lipinski definition) is 3. The first-order valence-corrected chi connectivity index (χ1v) is 7.59. The molecule has 6 nitrogen and oxygen atoms in total. The quantitative estimate of drug-likeness (QED) is 0.747. The van der Waals surface area contributed by atoms with Gasteiger partial charge >= 0.3 is 0 Å². The van der Waals surface area contributed by atoms with Crippen molar-refractivity contribution in [1.29, 1.82) is 0 Å². The Balaban J connectivity index is 1.81. The van der Waals surface area contributed by atoms with Crippen molar-refractivity contribution in [2.45, 2.75) is 38.1 Å². The van der Waals surface area contributed by atoms with E-state index in [4.69, 9.17) is 17.2 Å². The van der Waals surface area contributed by atoms with Crippen LogP contribution in [0.4, 0.5) is 11.6 Å². The summed E-state index contributed by atoms with van der Waals surface area (Å²) < 4.78 is 0. The summed E-state index contributed by atoms with van der Waals surface area (Å²) in [4.78, 5) is 18.0. The van der Waals surface area contributed by atoms with Gasteiger partial charge in [0.15, 0.2) is 0 Å². The summed E-state index contributed by atoms with van der Waals surface area (Å²) in [7, 11) is 0. The maximum absolute atomic E-state index is 11.6. The van der Waals surface area contributed by atoms with Gasteiger partial charge in [-0.1, -0.05) is 6.42 Å². The highest BCUT2D eigenvalue weighted by atomic mass is 16.1. The molecule has 0 bridgehead atoms. The maximum Gasteiger partial charge on any atom is 0.252 e. The number of pyridine rings is 1. The van der Waals surface area contributed by atoms with Crippen LogP contribution in [0.1, 0.15) is 42.5 Å². The molecule has 1 spiro atoms. The first-order chi connectivity index (χ1) is 10.0. The SMILES string of the molecule is NC(=O)c1ccc(N)nc1N1CCC2(CCC[C@H]2N)CC1. The zero-order valence-electron chi connectivity index (χ0n) is 12.2. The van der Waals surface area contributed by atoms with Crippen molar-refractivity contribution >= 4 is 17.5 Å². The minimum absolute atomic E-state index is 0.281. The summed E-state index contributed by atoms with van der Waals surface area (Å²) in [6, 6.07) is 3.58. The lowest BCUT2D eigenvalue weighted by Crippen LogP contribution is -2.47. The second-order valence-electron chi connectivity index (χ2n) is 6.32. The van der Waals surface area contributed by atoms with Crippen LogP contribution in [0.25, 0.3) is 0 Å². The topological polar surface area (TPSA) is 111 Å². The van der Waals surface area contributed by atoms with Crippen molar-refractivity contribution in [2.24, 2.45) is 16.9 Å². The fourth-order valence-electron chi connectivity index (χ4n) is 3.85. The first kappa shape index (κ1) is 14.1. The number of carbonyl (C=O) groups excluding carboxylic acids is 1. The lowest BCUT2D eigenvalue weighted by molar-refractivity contribution is 0.1000. The molecule has 114 valence electrons. The number of aromatic nitrogens is 1. The number of nitrogens with zero attached hydrogens (tertiary/aromatic N) is 2. The van der Waals surface area contributed by atoms with Crippen LogP contribution in [0.2, 0.25) is 0 Å². The van der Waals surface area contributed by atoms with Gasteiger partial charge in [0.2, 0.25) is 0 Å². The lowest BCUT2D eigenvalue weighted by atomic mass is 9.74. The minimum Gasteiger partial charge on any atom is -0.384 e. The van der Waals surface area contributed by atoms with Crippen LogP contribution in [0.15, 0.2) is 12.1 Å². The van der Waals surface area contributed by atoms with Crippen molar-refractivity contribution in [2.75, 3.05) is 23.7 Å². The number of nitrogens with two attached hydrogens (primary N) is 3. The van der Waals surface area contributed by atoms with E-state index in [0.717, 1.165) is 32.4 Å². The van der Waals surface area contributed by atoms with Crippen LogP contribution in [0.3, 0.4) is 0 Å². The second kappa shape index (κ2) is 5.18. The molecule has 6 heteroatoms. The van der Waals surface area contributed by atoms with E-state index in [1.165, 1.54) is 12.8 Å². The molecule has 1 aliphatic heterocycles. The molecule has 6 N–H and O–H groups in total. The van der Waals surface area contributed by atoms with E-state index in [-0.39, 0.29) is 5.41 Å². The number of hydrogen-bond acceptors (Lipinski definition) is 5. The number of anilines is 2. The number of primary amides is 1. The Morgan fingerprint density at radius 2 is 2.00 bits per heavy atom. The van der Waals surface area contributed by atoms with Gasteiger partial charge in [-0.3, -0.25) is 4.79 Å². The molecular weight excluding hydrogens is 266 g/mol. The fourth-order valence-corrected chi connectivity index (χ4v) is 3.85. The van der Waals surface area contributed by atoms with E-state index >= 15 is 0 Å². The Hall–Kier alpha value is -1.82. The molecule has 2 aliphatic rings. The highest BCUT2D eigenvalue weighted by molar-refractivity contribution is 5.98. The van der Waals surface area contributed by atoms with Crippen LogP contribution < -0.4 is 22.1 Å². The van der Waals surface area contributed by atoms with Crippen LogP contribution in [0.5, 0.6) is 0 Å². The van der Waals surface area contributed by atoms with Crippen molar-refractivity contribution in [3.8, 4) is 0 Å². The summed E-state index contributed by atoms with van der Waals surface area (Å²) in [5.74, 6) is 0.562. The molecule has 2 heterocycles. The number of carbonyl (C=O) groups is 1. The summed E-state index contributed by atoms with van der Waals surface area (Å²) in [6.07, 6.45) is 5.66. The molecule has 0 radical (unpaired) electrons. The molecule has 1 atom stereocenters. The lowest BCUT2D eigenvalue weighted by Gasteiger charge is -2.42. The zero-order valence-corrected chi connectivity index (χ0v) is 12.2. The van der Waals surface area contributed by atoms with Gasteiger partial charge in [-0.05, 0) is 43.2 Å². The predicted molar refractivity (Wildman–Crippen MR) is 82.9 cm³/mol. The summed E-state index contributed by atoms with van der Waals surface area (Å²) in [5.41, 5.74) is 18.2. The van der Waals surface area contributed by atoms with Gasteiger partial charge in [0.25, 0.3) is 5.91 Å². The molecule has 1 saturated carbocycles. The van der Waals surface area contributed by atoms with Crippen LogP contribution in [0, 0.1) is 5.41 Å². The molecule has 3 rings (SSSR count). The van der Waals surface area contributed by atoms with Crippen molar-refractivity contribution in [1.82, 2.24) is 4.98 Å². The van der Waals surface area contributed by atoms with Gasteiger partial charge in [0.1, 0.15) is 11.6 Å². The maximum atomic E-state index is 11.6. The summed E-state index contributed by atoms with van der Waals surface area (Å²) >= 11 is 0. The molecular formula is C15H23N5O. The largest absolute Gasteiger partial charge is 0.384 e. The average molecular weight is 289 g/mol. The van der Waals surface area contributed by atoms with Gasteiger partial charge in [0.05, 0.1) is 5.56 Å². The zero-order chi connectivity index (χ0) is 15.0. The monoisotopic (exact) mass is 289 g/mol. The molecule has 1 aliphatic carbocycles. The standard InChI is InChI=1S/C15H23N5O/c16-11-2-1-5-15(11)6-8-20(9-7-15)14-10(13(18)21)3-4-12(17)19-14/h3-4,11H,1-2,5-9,16H2,(H2,17,19)(H2,18,21)/t11-/m1/s1. The molecule has 1 aromatic rings. The van der Waals surface area contributed by atoms with Gasteiger partial charge in [-0.2, -0.15) is 0 Å². The molecule has 1 saturated heterocycles. The van der Waals surface area contributed by atoms with Crippen LogP contribution in [-0.2, 0) is 0 Å². The van der Waals surface area contributed by atoms with E-state index < -0.39 is 5.91 Å². The highest BCUT2D eigenvalue weighted by Crippen LogP contribution is 2.46. The smallest absolute Gasteiger partial charge is 0.252 e.